The lowest BCUT2D eigenvalue weighted by molar-refractivity contribution is 0.123. The molecule has 0 saturated heterocycles. The van der Waals surface area contributed by atoms with Gasteiger partial charge in [-0.05, 0) is 37.6 Å². The lowest BCUT2D eigenvalue weighted by atomic mass is 10.1. The molecule has 0 unspecified atom stereocenters. The second-order valence-electron chi connectivity index (χ2n) is 6.02. The van der Waals surface area contributed by atoms with Crippen molar-refractivity contribution in [2.75, 3.05) is 17.7 Å². The first kappa shape index (κ1) is 19.6. The molecule has 0 amide bonds. The van der Waals surface area contributed by atoms with E-state index in [1.54, 1.807) is 12.1 Å². The van der Waals surface area contributed by atoms with E-state index in [0.29, 0.717) is 10.9 Å². The number of anilines is 2. The van der Waals surface area contributed by atoms with Gasteiger partial charge in [0.1, 0.15) is 6.61 Å². The minimum atomic E-state index is -0.741. The molecule has 0 aliphatic heterocycles. The van der Waals surface area contributed by atoms with Crippen molar-refractivity contribution >= 4 is 33.9 Å². The molecule has 1 heterocycles. The van der Waals surface area contributed by atoms with Crippen LogP contribution in [-0.2, 0) is 0 Å². The second-order valence-corrected chi connectivity index (χ2v) is 8.27. The highest BCUT2D eigenvalue weighted by atomic mass is 32.2. The van der Waals surface area contributed by atoms with Crippen molar-refractivity contribution in [3.63, 3.8) is 0 Å². The predicted molar refractivity (Wildman–Crippen MR) is 108 cm³/mol. The van der Waals surface area contributed by atoms with Crippen molar-refractivity contribution in [3.8, 4) is 5.75 Å². The van der Waals surface area contributed by atoms with Gasteiger partial charge in [-0.15, -0.1) is 10.2 Å². The number of halogens is 1. The van der Waals surface area contributed by atoms with Crippen molar-refractivity contribution < 1.29 is 14.2 Å². The zero-order valence-corrected chi connectivity index (χ0v) is 16.6. The van der Waals surface area contributed by atoms with E-state index < -0.39 is 11.9 Å². The molecule has 0 spiro atoms. The molecule has 0 bridgehead atoms. The van der Waals surface area contributed by atoms with Crippen LogP contribution in [0.25, 0.3) is 0 Å². The summed E-state index contributed by atoms with van der Waals surface area (Å²) in [4.78, 5) is 0. The standard InChI is InChI=1S/C19H20FN3O2S2/c1-12-7-8-16(13(2)9-12)21-18-22-23-19(27-18)26-11-14(24)10-25-17-6-4-3-5-15(17)20/h3-9,14,24H,10-11H2,1-2H3,(H,21,22)/t14-/m1/s1. The lowest BCUT2D eigenvalue weighted by Crippen LogP contribution is -2.20. The van der Waals surface area contributed by atoms with Gasteiger partial charge in [0.05, 0.1) is 6.10 Å². The number of para-hydroxylation sites is 1. The number of aryl methyl sites for hydroxylation is 2. The lowest BCUT2D eigenvalue weighted by Gasteiger charge is -2.11. The molecule has 8 heteroatoms. The summed E-state index contributed by atoms with van der Waals surface area (Å²) in [5.41, 5.74) is 3.34. The maximum atomic E-state index is 13.5. The second kappa shape index (κ2) is 9.16. The molecule has 27 heavy (non-hydrogen) atoms. The summed E-state index contributed by atoms with van der Waals surface area (Å²) in [6.45, 7) is 4.11. The number of rotatable bonds is 8. The number of benzene rings is 2. The SMILES string of the molecule is Cc1ccc(Nc2nnc(SC[C@H](O)COc3ccccc3F)s2)c(C)c1. The summed E-state index contributed by atoms with van der Waals surface area (Å²) in [7, 11) is 0. The fourth-order valence-electron chi connectivity index (χ4n) is 2.35. The van der Waals surface area contributed by atoms with Gasteiger partial charge in [-0.1, -0.05) is 52.9 Å². The fraction of sp³-hybridized carbons (Fsp3) is 0.263. The number of aromatic nitrogens is 2. The molecular formula is C19H20FN3O2S2. The summed E-state index contributed by atoms with van der Waals surface area (Å²) in [5, 5.41) is 22.3. The zero-order chi connectivity index (χ0) is 19.2. The van der Waals surface area contributed by atoms with Crippen LogP contribution in [0.1, 0.15) is 11.1 Å². The van der Waals surface area contributed by atoms with Crippen molar-refractivity contribution in [2.45, 2.75) is 24.3 Å². The van der Waals surface area contributed by atoms with E-state index in [0.717, 1.165) is 15.6 Å². The van der Waals surface area contributed by atoms with Gasteiger partial charge in [-0.25, -0.2) is 4.39 Å². The number of thioether (sulfide) groups is 1. The number of nitrogens with one attached hydrogen (secondary N) is 1. The monoisotopic (exact) mass is 405 g/mol. The average molecular weight is 406 g/mol. The minimum absolute atomic E-state index is 0.0143. The number of aliphatic hydroxyl groups excluding tert-OH is 1. The first-order chi connectivity index (χ1) is 13.0. The molecule has 5 nitrogen and oxygen atoms in total. The Labute approximate surface area is 165 Å². The van der Waals surface area contributed by atoms with Crippen LogP contribution in [0.4, 0.5) is 15.2 Å². The van der Waals surface area contributed by atoms with Gasteiger partial charge in [0.2, 0.25) is 5.13 Å². The Morgan fingerprint density at radius 1 is 1.22 bits per heavy atom. The van der Waals surface area contributed by atoms with E-state index >= 15 is 0 Å². The first-order valence-electron chi connectivity index (χ1n) is 8.37. The van der Waals surface area contributed by atoms with E-state index in [-0.39, 0.29) is 12.4 Å². The minimum Gasteiger partial charge on any atom is -0.488 e. The molecule has 1 aromatic heterocycles. The summed E-state index contributed by atoms with van der Waals surface area (Å²) in [6.07, 6.45) is -0.741. The molecular weight excluding hydrogens is 385 g/mol. The van der Waals surface area contributed by atoms with Gasteiger partial charge in [-0.2, -0.15) is 0 Å². The largest absolute Gasteiger partial charge is 0.488 e. The van der Waals surface area contributed by atoms with Gasteiger partial charge >= 0.3 is 0 Å². The highest BCUT2D eigenvalue weighted by Gasteiger charge is 2.12. The fourth-order valence-corrected chi connectivity index (χ4v) is 4.05. The van der Waals surface area contributed by atoms with Gasteiger partial charge in [-0.3, -0.25) is 0 Å². The summed E-state index contributed by atoms with van der Waals surface area (Å²) >= 11 is 2.80. The molecule has 0 aliphatic carbocycles. The Morgan fingerprint density at radius 3 is 2.81 bits per heavy atom. The van der Waals surface area contributed by atoms with E-state index in [9.17, 15) is 9.50 Å². The highest BCUT2D eigenvalue weighted by molar-refractivity contribution is 8.01. The molecule has 0 saturated carbocycles. The molecule has 2 N–H and O–H groups in total. The van der Waals surface area contributed by atoms with Crippen LogP contribution in [0.2, 0.25) is 0 Å². The number of hydrogen-bond acceptors (Lipinski definition) is 7. The Bertz CT molecular complexity index is 904. The third-order valence-electron chi connectivity index (χ3n) is 3.70. The third kappa shape index (κ3) is 5.66. The average Bonchev–Trinajstić information content (AvgIpc) is 3.09. The maximum absolute atomic E-state index is 13.5. The normalized spacial score (nSPS) is 12.0. The van der Waals surface area contributed by atoms with Crippen molar-refractivity contribution in [1.82, 2.24) is 10.2 Å². The Morgan fingerprint density at radius 2 is 2.04 bits per heavy atom. The van der Waals surface area contributed by atoms with Crippen LogP contribution < -0.4 is 10.1 Å². The molecule has 3 rings (SSSR count). The first-order valence-corrected chi connectivity index (χ1v) is 10.2. The number of aliphatic hydroxyl groups is 1. The molecule has 0 fully saturated rings. The van der Waals surface area contributed by atoms with E-state index in [1.165, 1.54) is 40.8 Å². The van der Waals surface area contributed by atoms with Crippen molar-refractivity contribution in [1.29, 1.82) is 0 Å². The number of ether oxygens (including phenoxy) is 1. The zero-order valence-electron chi connectivity index (χ0n) is 15.0. The number of nitrogens with zero attached hydrogens (tertiary/aromatic N) is 2. The molecule has 0 aliphatic rings. The van der Waals surface area contributed by atoms with Crippen molar-refractivity contribution in [2.24, 2.45) is 0 Å². The third-order valence-corrected chi connectivity index (χ3v) is 5.81. The van der Waals surface area contributed by atoms with Gasteiger partial charge < -0.3 is 15.2 Å². The topological polar surface area (TPSA) is 67.3 Å². The summed E-state index contributed by atoms with van der Waals surface area (Å²) < 4.78 is 19.5. The van der Waals surface area contributed by atoms with Crippen LogP contribution in [0.15, 0.2) is 46.8 Å². The van der Waals surface area contributed by atoms with Crippen LogP contribution in [0, 0.1) is 19.7 Å². The molecule has 1 atom stereocenters. The molecule has 3 aromatic rings. The Hall–Kier alpha value is -2.16. The molecule has 142 valence electrons. The summed E-state index contributed by atoms with van der Waals surface area (Å²) in [5.74, 6) is 0.0770. The van der Waals surface area contributed by atoms with Crippen LogP contribution in [0.5, 0.6) is 5.75 Å². The number of hydrogen-bond donors (Lipinski definition) is 2. The van der Waals surface area contributed by atoms with Gasteiger partial charge in [0.15, 0.2) is 15.9 Å². The predicted octanol–water partition coefficient (Wildman–Crippen LogP) is 4.57. The highest BCUT2D eigenvalue weighted by Crippen LogP contribution is 2.29. The maximum Gasteiger partial charge on any atom is 0.210 e. The molecule has 0 radical (unpaired) electrons. The van der Waals surface area contributed by atoms with Gasteiger partial charge in [0.25, 0.3) is 0 Å². The summed E-state index contributed by atoms with van der Waals surface area (Å²) in [6, 6.07) is 12.3. The van der Waals surface area contributed by atoms with E-state index in [2.05, 4.69) is 28.5 Å². The van der Waals surface area contributed by atoms with E-state index in [1.807, 2.05) is 19.1 Å². The van der Waals surface area contributed by atoms with Crippen molar-refractivity contribution in [3.05, 3.63) is 59.4 Å². The van der Waals surface area contributed by atoms with Crippen LogP contribution in [-0.4, -0.2) is 33.8 Å². The van der Waals surface area contributed by atoms with Crippen LogP contribution >= 0.6 is 23.1 Å². The quantitative estimate of drug-likeness (QED) is 0.535. The Balaban J connectivity index is 1.48. The smallest absolute Gasteiger partial charge is 0.210 e. The van der Waals surface area contributed by atoms with Gasteiger partial charge in [0, 0.05) is 11.4 Å². The van der Waals surface area contributed by atoms with E-state index in [4.69, 9.17) is 4.74 Å². The Kier molecular flexibility index (Phi) is 6.65. The molecule has 2 aromatic carbocycles. The van der Waals surface area contributed by atoms with Crippen LogP contribution in [0.3, 0.4) is 0 Å².